The van der Waals surface area contributed by atoms with E-state index in [2.05, 4.69) is 10.1 Å². The van der Waals surface area contributed by atoms with Gasteiger partial charge in [0.15, 0.2) is 5.84 Å². The third-order valence-corrected chi connectivity index (χ3v) is 4.03. The molecule has 2 aromatic rings. The van der Waals surface area contributed by atoms with Crippen molar-refractivity contribution in [2.24, 2.45) is 5.10 Å². The summed E-state index contributed by atoms with van der Waals surface area (Å²) in [4.78, 5) is 17.1. The Kier molecular flexibility index (Phi) is 4.99. The largest absolute Gasteiger partial charge is 0.464 e. The lowest BCUT2D eigenvalue weighted by Crippen LogP contribution is -2.43. The van der Waals surface area contributed by atoms with E-state index in [0.29, 0.717) is 37.6 Å². The van der Waals surface area contributed by atoms with Gasteiger partial charge in [-0.1, -0.05) is 25.1 Å². The number of hydrogen-bond donors (Lipinski definition) is 3. The molecule has 0 aliphatic carbocycles. The standard InChI is InChI=1S/C17H20N4O4/c1-2-13(22)15(19-20-17(23)24)21-9-8-12-14(10-21)25-16(18-12)11-6-4-3-5-7-11/h3-7,13,20,22H,2,8-10H2,1H3,(H,23,24). The maximum Gasteiger partial charge on any atom is 0.425 e. The van der Waals surface area contributed by atoms with Crippen LogP contribution in [0.5, 0.6) is 0 Å². The summed E-state index contributed by atoms with van der Waals surface area (Å²) < 4.78 is 5.89. The Labute approximate surface area is 144 Å². The molecule has 3 N–H and O–H groups in total. The molecule has 1 aliphatic heterocycles. The van der Waals surface area contributed by atoms with Gasteiger partial charge in [-0.15, -0.1) is 0 Å². The molecule has 1 aromatic heterocycles. The highest BCUT2D eigenvalue weighted by atomic mass is 16.4. The lowest BCUT2D eigenvalue weighted by Gasteiger charge is -2.30. The van der Waals surface area contributed by atoms with Crippen molar-refractivity contribution in [3.05, 3.63) is 41.8 Å². The summed E-state index contributed by atoms with van der Waals surface area (Å²) in [7, 11) is 0. The van der Waals surface area contributed by atoms with E-state index in [-0.39, 0.29) is 5.84 Å². The molecule has 1 aliphatic rings. The van der Waals surface area contributed by atoms with Crippen LogP contribution in [0.25, 0.3) is 11.5 Å². The molecule has 0 fully saturated rings. The number of benzene rings is 1. The average Bonchev–Trinajstić information content (AvgIpc) is 3.05. The highest BCUT2D eigenvalue weighted by Crippen LogP contribution is 2.26. The van der Waals surface area contributed by atoms with Crippen molar-refractivity contribution in [3.8, 4) is 11.5 Å². The number of amidine groups is 1. The second-order valence-electron chi connectivity index (χ2n) is 5.74. The topological polar surface area (TPSA) is 111 Å². The minimum atomic E-state index is -1.27. The zero-order valence-electron chi connectivity index (χ0n) is 13.8. The molecular formula is C17H20N4O4. The molecule has 8 heteroatoms. The van der Waals surface area contributed by atoms with Crippen LogP contribution in [0.3, 0.4) is 0 Å². The number of rotatable bonds is 4. The van der Waals surface area contributed by atoms with E-state index in [1.807, 2.05) is 40.7 Å². The van der Waals surface area contributed by atoms with Gasteiger partial charge >= 0.3 is 6.09 Å². The van der Waals surface area contributed by atoms with Crippen LogP contribution in [0.1, 0.15) is 24.8 Å². The summed E-state index contributed by atoms with van der Waals surface area (Å²) in [5, 5.41) is 22.8. The number of hydrogen-bond acceptors (Lipinski definition) is 5. The second-order valence-corrected chi connectivity index (χ2v) is 5.74. The zero-order chi connectivity index (χ0) is 17.8. The Bertz CT molecular complexity index is 772. The molecular weight excluding hydrogens is 324 g/mol. The second kappa shape index (κ2) is 7.35. The van der Waals surface area contributed by atoms with Crippen LogP contribution in [0, 0.1) is 0 Å². The number of carbonyl (C=O) groups is 1. The molecule has 0 bridgehead atoms. The first-order valence-corrected chi connectivity index (χ1v) is 8.12. The Morgan fingerprint density at radius 1 is 1.44 bits per heavy atom. The molecule has 2 heterocycles. The summed E-state index contributed by atoms with van der Waals surface area (Å²) in [5.41, 5.74) is 3.75. The first-order valence-electron chi connectivity index (χ1n) is 8.12. The Morgan fingerprint density at radius 2 is 2.20 bits per heavy atom. The van der Waals surface area contributed by atoms with E-state index in [0.717, 1.165) is 11.3 Å². The fraction of sp³-hybridized carbons (Fsp3) is 0.353. The molecule has 1 aromatic carbocycles. The number of carboxylic acid groups (broad SMARTS) is 1. The summed E-state index contributed by atoms with van der Waals surface area (Å²) in [6, 6.07) is 9.63. The van der Waals surface area contributed by atoms with E-state index in [1.54, 1.807) is 6.92 Å². The van der Waals surface area contributed by atoms with Gasteiger partial charge in [0.05, 0.1) is 12.2 Å². The van der Waals surface area contributed by atoms with Crippen molar-refractivity contribution in [2.75, 3.05) is 6.54 Å². The van der Waals surface area contributed by atoms with E-state index in [1.165, 1.54) is 0 Å². The summed E-state index contributed by atoms with van der Waals surface area (Å²) in [6.07, 6.45) is -1.07. The van der Waals surface area contributed by atoms with Gasteiger partial charge < -0.3 is 19.5 Å². The molecule has 0 spiro atoms. The molecule has 1 unspecified atom stereocenters. The quantitative estimate of drug-likeness (QED) is 0.445. The first kappa shape index (κ1) is 17.0. The predicted molar refractivity (Wildman–Crippen MR) is 90.9 cm³/mol. The summed E-state index contributed by atoms with van der Waals surface area (Å²) in [6.45, 7) is 2.76. The lowest BCUT2D eigenvalue weighted by atomic mass is 10.1. The maximum absolute atomic E-state index is 10.7. The predicted octanol–water partition coefficient (Wildman–Crippen LogP) is 2.05. The third kappa shape index (κ3) is 3.80. The Morgan fingerprint density at radius 3 is 2.88 bits per heavy atom. The summed E-state index contributed by atoms with van der Waals surface area (Å²) in [5.74, 6) is 1.55. The van der Waals surface area contributed by atoms with Crippen LogP contribution in [-0.2, 0) is 13.0 Å². The molecule has 3 rings (SSSR count). The molecule has 1 atom stereocenters. The molecule has 0 radical (unpaired) electrons. The third-order valence-electron chi connectivity index (χ3n) is 4.03. The monoisotopic (exact) mass is 344 g/mol. The Hall–Kier alpha value is -2.87. The van der Waals surface area contributed by atoms with Crippen molar-refractivity contribution in [3.63, 3.8) is 0 Å². The minimum Gasteiger partial charge on any atom is -0.464 e. The van der Waals surface area contributed by atoms with E-state index >= 15 is 0 Å². The number of aliphatic hydroxyl groups is 1. The number of aromatic nitrogens is 1. The van der Waals surface area contributed by atoms with Gasteiger partial charge in [0.25, 0.3) is 0 Å². The number of hydrazone groups is 1. The molecule has 8 nitrogen and oxygen atoms in total. The van der Waals surface area contributed by atoms with Crippen LogP contribution in [-0.4, -0.2) is 44.7 Å². The van der Waals surface area contributed by atoms with Crippen molar-refractivity contribution < 1.29 is 19.4 Å². The lowest BCUT2D eigenvalue weighted by molar-refractivity contribution is 0.191. The zero-order valence-corrected chi connectivity index (χ0v) is 13.8. The van der Waals surface area contributed by atoms with E-state index in [9.17, 15) is 9.90 Å². The van der Waals surface area contributed by atoms with Gasteiger partial charge in [-0.25, -0.2) is 15.2 Å². The molecule has 1 amide bonds. The van der Waals surface area contributed by atoms with Crippen molar-refractivity contribution in [2.45, 2.75) is 32.4 Å². The van der Waals surface area contributed by atoms with Gasteiger partial charge in [0.1, 0.15) is 11.9 Å². The molecule has 0 saturated carbocycles. The van der Waals surface area contributed by atoms with Crippen LogP contribution in [0.4, 0.5) is 4.79 Å². The van der Waals surface area contributed by atoms with Gasteiger partial charge in [0.2, 0.25) is 5.89 Å². The van der Waals surface area contributed by atoms with Gasteiger partial charge in [-0.2, -0.15) is 5.10 Å². The fourth-order valence-electron chi connectivity index (χ4n) is 2.74. The number of oxazole rings is 1. The Balaban J connectivity index is 1.83. The van der Waals surface area contributed by atoms with Crippen molar-refractivity contribution in [1.82, 2.24) is 15.3 Å². The first-order chi connectivity index (χ1) is 12.1. The number of nitrogens with one attached hydrogen (secondary N) is 1. The number of amides is 1. The highest BCUT2D eigenvalue weighted by molar-refractivity contribution is 5.87. The molecule has 25 heavy (non-hydrogen) atoms. The number of fused-ring (bicyclic) bond motifs is 1. The van der Waals surface area contributed by atoms with Crippen LogP contribution < -0.4 is 5.43 Å². The molecule has 132 valence electrons. The van der Waals surface area contributed by atoms with Crippen LogP contribution in [0.15, 0.2) is 39.9 Å². The van der Waals surface area contributed by atoms with E-state index in [4.69, 9.17) is 9.52 Å². The minimum absolute atomic E-state index is 0.285. The normalized spacial score (nSPS) is 15.6. The molecule has 0 saturated heterocycles. The van der Waals surface area contributed by atoms with Gasteiger partial charge in [-0.05, 0) is 18.6 Å². The SMILES string of the molecule is CCC(O)C(=NNC(=O)O)N1CCc2nc(-c3ccccc3)oc2C1. The maximum atomic E-state index is 10.7. The van der Waals surface area contributed by atoms with Crippen molar-refractivity contribution >= 4 is 11.9 Å². The van der Waals surface area contributed by atoms with Gasteiger partial charge in [0, 0.05) is 18.5 Å². The summed E-state index contributed by atoms with van der Waals surface area (Å²) >= 11 is 0. The fourth-order valence-corrected chi connectivity index (χ4v) is 2.74. The number of nitrogens with zero attached hydrogens (tertiary/aromatic N) is 3. The number of aliphatic hydroxyl groups excluding tert-OH is 1. The van der Waals surface area contributed by atoms with E-state index < -0.39 is 12.2 Å². The van der Waals surface area contributed by atoms with Crippen LogP contribution >= 0.6 is 0 Å². The van der Waals surface area contributed by atoms with Crippen molar-refractivity contribution in [1.29, 1.82) is 0 Å². The average molecular weight is 344 g/mol. The van der Waals surface area contributed by atoms with Crippen LogP contribution in [0.2, 0.25) is 0 Å². The highest BCUT2D eigenvalue weighted by Gasteiger charge is 2.27. The van der Waals surface area contributed by atoms with Gasteiger partial charge in [-0.3, -0.25) is 0 Å². The smallest absolute Gasteiger partial charge is 0.425 e.